The molecule has 3 N–H and O–H groups in total. The van der Waals surface area contributed by atoms with Gasteiger partial charge in [0, 0.05) is 22.8 Å². The summed E-state index contributed by atoms with van der Waals surface area (Å²) >= 11 is 3.38. The third kappa shape index (κ3) is 5.15. The van der Waals surface area contributed by atoms with E-state index in [0.29, 0.717) is 12.1 Å². The van der Waals surface area contributed by atoms with Crippen LogP contribution in [0.25, 0.3) is 5.69 Å². The lowest BCUT2D eigenvalue weighted by atomic mass is 10.1. The van der Waals surface area contributed by atoms with Crippen LogP contribution in [0.3, 0.4) is 0 Å². The summed E-state index contributed by atoms with van der Waals surface area (Å²) in [5.41, 5.74) is 6.81. The van der Waals surface area contributed by atoms with Crippen LogP contribution < -0.4 is 11.1 Å². The van der Waals surface area contributed by atoms with Gasteiger partial charge in [-0.15, -0.1) is 12.4 Å². The molecule has 1 aromatic carbocycles. The smallest absolute Gasteiger partial charge is 0.254 e. The Morgan fingerprint density at radius 1 is 1.38 bits per heavy atom. The van der Waals surface area contributed by atoms with Gasteiger partial charge in [0.25, 0.3) is 5.91 Å². The van der Waals surface area contributed by atoms with Crippen LogP contribution in [0.15, 0.2) is 41.1 Å². The maximum Gasteiger partial charge on any atom is 0.254 e. The number of nitrogens with two attached hydrogens (primary N) is 1. The number of carbonyl (C=O) groups is 1. The number of hydrogen-bond acceptors (Lipinski definition) is 3. The van der Waals surface area contributed by atoms with Crippen molar-refractivity contribution in [1.82, 2.24) is 15.1 Å². The van der Waals surface area contributed by atoms with Gasteiger partial charge in [-0.25, -0.2) is 4.68 Å². The van der Waals surface area contributed by atoms with Gasteiger partial charge in [-0.1, -0.05) is 15.9 Å². The van der Waals surface area contributed by atoms with Crippen molar-refractivity contribution in [1.29, 1.82) is 0 Å². The second-order valence-corrected chi connectivity index (χ2v) is 6.24. The number of halogens is 2. The van der Waals surface area contributed by atoms with E-state index in [2.05, 4.69) is 26.3 Å². The van der Waals surface area contributed by atoms with Crippen LogP contribution in [0.1, 0.15) is 24.2 Å². The van der Waals surface area contributed by atoms with Crippen LogP contribution in [-0.4, -0.2) is 27.8 Å². The van der Waals surface area contributed by atoms with E-state index in [-0.39, 0.29) is 18.3 Å². The molecule has 1 heterocycles. The van der Waals surface area contributed by atoms with Gasteiger partial charge in [0.05, 0.1) is 17.4 Å². The molecule has 0 aliphatic carbocycles. The molecule has 0 spiro atoms. The predicted molar refractivity (Wildman–Crippen MR) is 89.1 cm³/mol. The van der Waals surface area contributed by atoms with Gasteiger partial charge in [0.1, 0.15) is 0 Å². The summed E-state index contributed by atoms with van der Waals surface area (Å²) in [5.74, 6) is -0.174. The summed E-state index contributed by atoms with van der Waals surface area (Å²) in [6.07, 6.45) is 3.24. The van der Waals surface area contributed by atoms with E-state index in [0.717, 1.165) is 10.2 Å². The molecule has 1 aromatic heterocycles. The summed E-state index contributed by atoms with van der Waals surface area (Å²) in [6.45, 7) is 4.13. The Kier molecular flexibility index (Phi) is 5.95. The molecule has 0 atom stereocenters. The van der Waals surface area contributed by atoms with E-state index in [4.69, 9.17) is 5.73 Å². The maximum atomic E-state index is 12.0. The van der Waals surface area contributed by atoms with E-state index in [1.54, 1.807) is 17.1 Å². The molecule has 114 valence electrons. The van der Waals surface area contributed by atoms with Crippen molar-refractivity contribution >= 4 is 34.2 Å². The number of rotatable bonds is 4. The third-order valence-electron chi connectivity index (χ3n) is 2.64. The fraction of sp³-hybridized carbons (Fsp3) is 0.286. The molecule has 1 amide bonds. The lowest BCUT2D eigenvalue weighted by Gasteiger charge is -2.18. The first kappa shape index (κ1) is 17.7. The van der Waals surface area contributed by atoms with Crippen molar-refractivity contribution < 1.29 is 4.79 Å². The highest BCUT2D eigenvalue weighted by Gasteiger charge is 2.14. The lowest BCUT2D eigenvalue weighted by molar-refractivity contribution is 0.0946. The van der Waals surface area contributed by atoms with Crippen molar-refractivity contribution in [3.8, 4) is 5.69 Å². The molecule has 0 unspecified atom stereocenters. The molecule has 0 fully saturated rings. The van der Waals surface area contributed by atoms with Crippen LogP contribution >= 0.6 is 28.3 Å². The molecule has 2 aromatic rings. The van der Waals surface area contributed by atoms with Crippen LogP contribution in [0.2, 0.25) is 0 Å². The minimum atomic E-state index is -0.433. The molecule has 0 aliphatic heterocycles. The molecule has 0 bridgehead atoms. The normalized spacial score (nSPS) is 10.9. The topological polar surface area (TPSA) is 72.9 Å². The van der Waals surface area contributed by atoms with E-state index >= 15 is 0 Å². The minimum Gasteiger partial charge on any atom is -0.350 e. The van der Waals surface area contributed by atoms with E-state index in [1.807, 2.05) is 38.1 Å². The molecule has 0 radical (unpaired) electrons. The highest BCUT2D eigenvalue weighted by Crippen LogP contribution is 2.14. The molecule has 0 saturated heterocycles. The highest BCUT2D eigenvalue weighted by molar-refractivity contribution is 9.10. The number of benzene rings is 1. The van der Waals surface area contributed by atoms with Crippen LogP contribution in [0, 0.1) is 0 Å². The number of aromatic nitrogens is 2. The van der Waals surface area contributed by atoms with Gasteiger partial charge in [0.15, 0.2) is 0 Å². The quantitative estimate of drug-likeness (QED) is 0.865. The third-order valence-corrected chi connectivity index (χ3v) is 3.17. The summed E-state index contributed by atoms with van der Waals surface area (Å²) in [6, 6.07) is 7.69. The zero-order valence-corrected chi connectivity index (χ0v) is 14.2. The summed E-state index contributed by atoms with van der Waals surface area (Å²) in [4.78, 5) is 12.0. The Balaban J connectivity index is 0.00000220. The van der Waals surface area contributed by atoms with Gasteiger partial charge in [-0.3, -0.25) is 4.79 Å². The Hall–Kier alpha value is -1.37. The lowest BCUT2D eigenvalue weighted by Crippen LogP contribution is -2.45. The number of amides is 1. The zero-order valence-electron chi connectivity index (χ0n) is 11.8. The summed E-state index contributed by atoms with van der Waals surface area (Å²) in [5, 5.41) is 6.98. The van der Waals surface area contributed by atoms with Gasteiger partial charge in [0.2, 0.25) is 0 Å². The zero-order chi connectivity index (χ0) is 14.8. The summed E-state index contributed by atoms with van der Waals surface area (Å²) in [7, 11) is 0. The number of nitrogens with zero attached hydrogens (tertiary/aromatic N) is 2. The molecule has 7 heteroatoms. The SMILES string of the molecule is CC(C)(N)CNC(=O)c1cnn(-c2ccc(Br)cc2)c1.Cl. The van der Waals surface area contributed by atoms with Crippen molar-refractivity contribution in [2.45, 2.75) is 19.4 Å². The Morgan fingerprint density at radius 2 is 2.00 bits per heavy atom. The van der Waals surface area contributed by atoms with Crippen molar-refractivity contribution in [3.63, 3.8) is 0 Å². The van der Waals surface area contributed by atoms with E-state index in [1.165, 1.54) is 0 Å². The van der Waals surface area contributed by atoms with Gasteiger partial charge in [-0.2, -0.15) is 5.10 Å². The Bertz CT molecular complexity index is 604. The van der Waals surface area contributed by atoms with E-state index in [9.17, 15) is 4.79 Å². The fourth-order valence-corrected chi connectivity index (χ4v) is 1.85. The van der Waals surface area contributed by atoms with Crippen LogP contribution in [-0.2, 0) is 0 Å². The average Bonchev–Trinajstić information content (AvgIpc) is 2.85. The number of carbonyl (C=O) groups excluding carboxylic acids is 1. The highest BCUT2D eigenvalue weighted by atomic mass is 79.9. The fourth-order valence-electron chi connectivity index (χ4n) is 1.59. The molecular formula is C14H18BrClN4O. The maximum absolute atomic E-state index is 12.0. The standard InChI is InChI=1S/C14H17BrN4O.ClH/c1-14(2,16)9-17-13(20)10-7-18-19(8-10)12-5-3-11(15)4-6-12;/h3-8H,9,16H2,1-2H3,(H,17,20);1H. The van der Waals surface area contributed by atoms with Crippen molar-refractivity contribution in [3.05, 3.63) is 46.7 Å². The van der Waals surface area contributed by atoms with Crippen LogP contribution in [0.4, 0.5) is 0 Å². The van der Waals surface area contributed by atoms with Crippen molar-refractivity contribution in [2.24, 2.45) is 5.73 Å². The second-order valence-electron chi connectivity index (χ2n) is 5.32. The van der Waals surface area contributed by atoms with Gasteiger partial charge >= 0.3 is 0 Å². The molecule has 5 nitrogen and oxygen atoms in total. The van der Waals surface area contributed by atoms with Gasteiger partial charge < -0.3 is 11.1 Å². The minimum absolute atomic E-state index is 0. The van der Waals surface area contributed by atoms with Crippen LogP contribution in [0.5, 0.6) is 0 Å². The first-order valence-electron chi connectivity index (χ1n) is 6.23. The number of hydrogen-bond donors (Lipinski definition) is 2. The predicted octanol–water partition coefficient (Wildman–Crippen LogP) is 2.52. The molecule has 21 heavy (non-hydrogen) atoms. The largest absolute Gasteiger partial charge is 0.350 e. The Morgan fingerprint density at radius 3 is 2.57 bits per heavy atom. The van der Waals surface area contributed by atoms with Gasteiger partial charge in [-0.05, 0) is 38.1 Å². The number of nitrogens with one attached hydrogen (secondary N) is 1. The first-order valence-corrected chi connectivity index (χ1v) is 7.02. The Labute approximate surface area is 138 Å². The van der Waals surface area contributed by atoms with Crippen molar-refractivity contribution in [2.75, 3.05) is 6.54 Å². The van der Waals surface area contributed by atoms with E-state index < -0.39 is 5.54 Å². The molecule has 0 aliphatic rings. The molecular weight excluding hydrogens is 356 g/mol. The molecule has 0 saturated carbocycles. The first-order chi connectivity index (χ1) is 9.35. The summed E-state index contributed by atoms with van der Waals surface area (Å²) < 4.78 is 2.66. The molecule has 2 rings (SSSR count). The average molecular weight is 374 g/mol. The second kappa shape index (κ2) is 7.06. The monoisotopic (exact) mass is 372 g/mol.